The lowest BCUT2D eigenvalue weighted by Crippen LogP contribution is -1.79. The van der Waals surface area contributed by atoms with Crippen molar-refractivity contribution in [1.82, 2.24) is 15.2 Å². The topological polar surface area (TPSA) is 58.6 Å². The van der Waals surface area contributed by atoms with Gasteiger partial charge in [-0.3, -0.25) is 9.89 Å². The zero-order chi connectivity index (χ0) is 8.55. The summed E-state index contributed by atoms with van der Waals surface area (Å²) in [5.41, 5.74) is 1.01. The standard InChI is InChI=1S/C7H4BrN3O/c8-6-2-1-4-5(3-12)10-11-7(4)9-6/h1-3H,(H,9,10,11). The summed E-state index contributed by atoms with van der Waals surface area (Å²) in [5, 5.41) is 7.18. The first-order chi connectivity index (χ1) is 5.81. The molecule has 4 nitrogen and oxygen atoms in total. The number of halogens is 1. The van der Waals surface area contributed by atoms with Crippen molar-refractivity contribution in [3.63, 3.8) is 0 Å². The van der Waals surface area contributed by atoms with Gasteiger partial charge in [0.1, 0.15) is 10.3 Å². The van der Waals surface area contributed by atoms with Crippen LogP contribution >= 0.6 is 15.9 Å². The van der Waals surface area contributed by atoms with Gasteiger partial charge < -0.3 is 0 Å². The van der Waals surface area contributed by atoms with Crippen molar-refractivity contribution in [3.8, 4) is 0 Å². The van der Waals surface area contributed by atoms with E-state index in [0.717, 1.165) is 9.99 Å². The Morgan fingerprint density at radius 2 is 2.33 bits per heavy atom. The van der Waals surface area contributed by atoms with Crippen LogP contribution in [-0.4, -0.2) is 21.5 Å². The molecule has 2 aromatic rings. The summed E-state index contributed by atoms with van der Waals surface area (Å²) >= 11 is 3.22. The van der Waals surface area contributed by atoms with Gasteiger partial charge in [0, 0.05) is 5.39 Å². The molecule has 2 rings (SSSR count). The SMILES string of the molecule is O=Cc1n[nH]c2nc(Br)ccc12. The lowest BCUT2D eigenvalue weighted by molar-refractivity contribution is 0.112. The monoisotopic (exact) mass is 225 g/mol. The van der Waals surface area contributed by atoms with E-state index in [9.17, 15) is 4.79 Å². The Hall–Kier alpha value is -1.23. The Labute approximate surface area is 76.1 Å². The second kappa shape index (κ2) is 2.67. The molecule has 0 aliphatic rings. The Kier molecular flexibility index (Phi) is 1.65. The molecule has 0 aromatic carbocycles. The molecule has 0 spiro atoms. The Bertz CT molecular complexity index is 437. The molecule has 0 saturated heterocycles. The number of carbonyl (C=O) groups is 1. The van der Waals surface area contributed by atoms with Gasteiger partial charge >= 0.3 is 0 Å². The highest BCUT2D eigenvalue weighted by Crippen LogP contribution is 2.15. The first kappa shape index (κ1) is 7.42. The molecule has 60 valence electrons. The first-order valence-electron chi connectivity index (χ1n) is 3.27. The average molecular weight is 226 g/mol. The van der Waals surface area contributed by atoms with Gasteiger partial charge in [0.25, 0.3) is 0 Å². The van der Waals surface area contributed by atoms with E-state index in [2.05, 4.69) is 31.1 Å². The molecule has 0 amide bonds. The van der Waals surface area contributed by atoms with Crippen molar-refractivity contribution in [3.05, 3.63) is 22.4 Å². The van der Waals surface area contributed by atoms with Crippen molar-refractivity contribution in [2.75, 3.05) is 0 Å². The Morgan fingerprint density at radius 1 is 1.50 bits per heavy atom. The molecule has 0 unspecified atom stereocenters. The number of rotatable bonds is 1. The third-order valence-electron chi connectivity index (χ3n) is 1.53. The molecule has 0 fully saturated rings. The highest BCUT2D eigenvalue weighted by Gasteiger charge is 2.04. The average Bonchev–Trinajstić information content (AvgIpc) is 2.46. The number of fused-ring (bicyclic) bond motifs is 1. The maximum absolute atomic E-state index is 10.4. The van der Waals surface area contributed by atoms with E-state index in [1.807, 2.05) is 0 Å². The fraction of sp³-hybridized carbons (Fsp3) is 0. The van der Waals surface area contributed by atoms with Gasteiger partial charge in [0.2, 0.25) is 0 Å². The zero-order valence-corrected chi connectivity index (χ0v) is 7.50. The van der Waals surface area contributed by atoms with Gasteiger partial charge in [-0.15, -0.1) is 0 Å². The second-order valence-corrected chi connectivity index (χ2v) is 3.07. The second-order valence-electron chi connectivity index (χ2n) is 2.26. The molecule has 2 heterocycles. The first-order valence-corrected chi connectivity index (χ1v) is 4.06. The predicted molar refractivity (Wildman–Crippen MR) is 47.0 cm³/mol. The summed E-state index contributed by atoms with van der Waals surface area (Å²) in [6.07, 6.45) is 0.703. The number of nitrogens with zero attached hydrogens (tertiary/aromatic N) is 2. The number of aromatic nitrogens is 3. The Morgan fingerprint density at radius 3 is 3.08 bits per heavy atom. The van der Waals surface area contributed by atoms with Gasteiger partial charge in [0.15, 0.2) is 11.9 Å². The number of H-pyrrole nitrogens is 1. The largest absolute Gasteiger partial charge is 0.296 e. The number of carbonyl (C=O) groups excluding carboxylic acids is 1. The van der Waals surface area contributed by atoms with Crippen LogP contribution in [0.15, 0.2) is 16.7 Å². The molecule has 5 heteroatoms. The maximum atomic E-state index is 10.4. The molecule has 2 aromatic heterocycles. The van der Waals surface area contributed by atoms with Gasteiger partial charge in [-0.05, 0) is 28.1 Å². The van der Waals surface area contributed by atoms with E-state index in [-0.39, 0.29) is 0 Å². The van der Waals surface area contributed by atoms with E-state index in [1.165, 1.54) is 0 Å². The van der Waals surface area contributed by atoms with Crippen LogP contribution in [0.4, 0.5) is 0 Å². The molecule has 1 N–H and O–H groups in total. The molecule has 0 saturated carbocycles. The smallest absolute Gasteiger partial charge is 0.171 e. The fourth-order valence-electron chi connectivity index (χ4n) is 0.990. The highest BCUT2D eigenvalue weighted by atomic mass is 79.9. The van der Waals surface area contributed by atoms with E-state index in [0.29, 0.717) is 17.6 Å². The number of nitrogens with one attached hydrogen (secondary N) is 1. The minimum absolute atomic E-state index is 0.394. The summed E-state index contributed by atoms with van der Waals surface area (Å²) < 4.78 is 0.719. The molecular weight excluding hydrogens is 222 g/mol. The van der Waals surface area contributed by atoms with Crippen molar-refractivity contribution in [2.24, 2.45) is 0 Å². The van der Waals surface area contributed by atoms with Crippen molar-refractivity contribution < 1.29 is 4.79 Å². The quantitative estimate of drug-likeness (QED) is 0.592. The van der Waals surface area contributed by atoms with Crippen LogP contribution < -0.4 is 0 Å². The predicted octanol–water partition coefficient (Wildman–Crippen LogP) is 1.53. The third-order valence-corrected chi connectivity index (χ3v) is 1.97. The molecule has 0 aliphatic carbocycles. The van der Waals surface area contributed by atoms with Gasteiger partial charge in [-0.1, -0.05) is 0 Å². The van der Waals surface area contributed by atoms with Crippen LogP contribution in [0.3, 0.4) is 0 Å². The van der Waals surface area contributed by atoms with Crippen LogP contribution in [0, 0.1) is 0 Å². The van der Waals surface area contributed by atoms with Gasteiger partial charge in [-0.2, -0.15) is 5.10 Å². The Balaban J connectivity index is 2.81. The molecular formula is C7H4BrN3O. The minimum Gasteiger partial charge on any atom is -0.296 e. The van der Waals surface area contributed by atoms with E-state index in [4.69, 9.17) is 0 Å². The lowest BCUT2D eigenvalue weighted by Gasteiger charge is -1.88. The molecule has 0 bridgehead atoms. The number of hydrogen-bond donors (Lipinski definition) is 1. The van der Waals surface area contributed by atoms with Gasteiger partial charge in [-0.25, -0.2) is 4.98 Å². The van der Waals surface area contributed by atoms with Crippen molar-refractivity contribution in [2.45, 2.75) is 0 Å². The molecule has 0 radical (unpaired) electrons. The lowest BCUT2D eigenvalue weighted by atomic mass is 10.3. The number of hydrogen-bond acceptors (Lipinski definition) is 3. The van der Waals surface area contributed by atoms with Crippen LogP contribution in [0.1, 0.15) is 10.5 Å². The molecule has 0 aliphatic heterocycles. The van der Waals surface area contributed by atoms with Crippen LogP contribution in [0.5, 0.6) is 0 Å². The molecule has 12 heavy (non-hydrogen) atoms. The van der Waals surface area contributed by atoms with Crippen LogP contribution in [-0.2, 0) is 0 Å². The van der Waals surface area contributed by atoms with Crippen molar-refractivity contribution in [1.29, 1.82) is 0 Å². The number of pyridine rings is 1. The summed E-state index contributed by atoms with van der Waals surface area (Å²) in [4.78, 5) is 14.5. The summed E-state index contributed by atoms with van der Waals surface area (Å²) in [6.45, 7) is 0. The normalized spacial score (nSPS) is 10.4. The van der Waals surface area contributed by atoms with E-state index < -0.39 is 0 Å². The van der Waals surface area contributed by atoms with Crippen molar-refractivity contribution >= 4 is 33.2 Å². The highest BCUT2D eigenvalue weighted by molar-refractivity contribution is 9.10. The van der Waals surface area contributed by atoms with Gasteiger partial charge in [0.05, 0.1) is 0 Å². The number of aromatic amines is 1. The molecule has 0 atom stereocenters. The van der Waals surface area contributed by atoms with Crippen LogP contribution in [0.2, 0.25) is 0 Å². The fourth-order valence-corrected chi connectivity index (χ4v) is 1.30. The van der Waals surface area contributed by atoms with Crippen LogP contribution in [0.25, 0.3) is 11.0 Å². The number of aldehydes is 1. The minimum atomic E-state index is 0.394. The summed E-state index contributed by atoms with van der Waals surface area (Å²) in [7, 11) is 0. The van der Waals surface area contributed by atoms with E-state index >= 15 is 0 Å². The summed E-state index contributed by atoms with van der Waals surface area (Å²) in [6, 6.07) is 3.56. The van der Waals surface area contributed by atoms with E-state index in [1.54, 1.807) is 12.1 Å². The third kappa shape index (κ3) is 1.02. The summed E-state index contributed by atoms with van der Waals surface area (Å²) in [5.74, 6) is 0. The zero-order valence-electron chi connectivity index (χ0n) is 5.91. The maximum Gasteiger partial charge on any atom is 0.171 e.